The predicted octanol–water partition coefficient (Wildman–Crippen LogP) is 4.23. The number of methoxy groups -OCH3 is 2. The number of rotatable bonds is 5. The summed E-state index contributed by atoms with van der Waals surface area (Å²) in [6.45, 7) is 0. The Morgan fingerprint density at radius 3 is 2.23 bits per heavy atom. The van der Waals surface area contributed by atoms with E-state index in [2.05, 4.69) is 0 Å². The zero-order valence-electron chi connectivity index (χ0n) is 17.0. The molecule has 1 fully saturated rings. The van der Waals surface area contributed by atoms with Gasteiger partial charge in [0.2, 0.25) is 0 Å². The van der Waals surface area contributed by atoms with Gasteiger partial charge in [-0.25, -0.2) is 19.5 Å². The van der Waals surface area contributed by atoms with Gasteiger partial charge in [-0.2, -0.15) is 0 Å². The fourth-order valence-electron chi connectivity index (χ4n) is 3.84. The molecule has 1 unspecified atom stereocenters. The zero-order valence-corrected chi connectivity index (χ0v) is 17.8. The zero-order chi connectivity index (χ0) is 22.0. The number of hydrogen-bond acceptors (Lipinski definition) is 6. The van der Waals surface area contributed by atoms with Crippen molar-refractivity contribution in [2.75, 3.05) is 19.3 Å². The molecule has 4 rings (SSSR count). The van der Waals surface area contributed by atoms with Crippen LogP contribution >= 0.6 is 11.6 Å². The van der Waals surface area contributed by atoms with Crippen molar-refractivity contribution in [1.82, 2.24) is 4.57 Å². The summed E-state index contributed by atoms with van der Waals surface area (Å²) in [5.74, 6) is -1.55. The van der Waals surface area contributed by atoms with Gasteiger partial charge in [0.15, 0.2) is 6.23 Å². The van der Waals surface area contributed by atoms with Crippen LogP contribution in [0.15, 0.2) is 72.9 Å². The van der Waals surface area contributed by atoms with Crippen LogP contribution in [0.25, 0.3) is 11.3 Å². The van der Waals surface area contributed by atoms with Gasteiger partial charge in [0.25, 0.3) is 5.54 Å². The molecule has 8 heteroatoms. The molecule has 0 aliphatic carbocycles. The Morgan fingerprint density at radius 2 is 1.61 bits per heavy atom. The van der Waals surface area contributed by atoms with Crippen LogP contribution in [0, 0.1) is 0 Å². The molecule has 0 amide bonds. The summed E-state index contributed by atoms with van der Waals surface area (Å²) in [4.78, 5) is 32.2. The van der Waals surface area contributed by atoms with Crippen molar-refractivity contribution < 1.29 is 23.9 Å². The molecule has 2 heterocycles. The average molecular weight is 441 g/mol. The minimum absolute atomic E-state index is 0.0104. The molecule has 0 saturated carbocycles. The molecule has 3 aromatic rings. The van der Waals surface area contributed by atoms with Gasteiger partial charge in [0.05, 0.1) is 25.6 Å². The Labute approximate surface area is 184 Å². The molecule has 160 valence electrons. The fourth-order valence-corrected chi connectivity index (χ4v) is 3.97. The lowest BCUT2D eigenvalue weighted by Crippen LogP contribution is -2.57. The standard InChI is InChI=1S/C23H21ClN2O5/c1-29-21(27)23(22(28)30-2)15-20(31-26(23)18-12-10-17(24)11-13-18)25-14-6-9-19(25)16-7-4-3-5-8-16/h3-14,20H,15H2,1-2H3. The maximum absolute atomic E-state index is 13.0. The Morgan fingerprint density at radius 1 is 0.968 bits per heavy atom. The van der Waals surface area contributed by atoms with Gasteiger partial charge in [-0.05, 0) is 42.0 Å². The quantitative estimate of drug-likeness (QED) is 0.436. The van der Waals surface area contributed by atoms with E-state index in [1.54, 1.807) is 24.3 Å². The molecular weight excluding hydrogens is 420 g/mol. The highest BCUT2D eigenvalue weighted by Gasteiger charge is 2.61. The monoisotopic (exact) mass is 440 g/mol. The van der Waals surface area contributed by atoms with Crippen LogP contribution in [0.1, 0.15) is 12.6 Å². The van der Waals surface area contributed by atoms with Crippen LogP contribution in [0.2, 0.25) is 5.02 Å². The first-order valence-electron chi connectivity index (χ1n) is 9.63. The second kappa shape index (κ2) is 8.45. The number of carbonyl (C=O) groups excluding carboxylic acids is 2. The number of hydroxylamine groups is 1. The number of anilines is 1. The summed E-state index contributed by atoms with van der Waals surface area (Å²) < 4.78 is 11.9. The second-order valence-corrected chi connectivity index (χ2v) is 7.48. The Bertz CT molecular complexity index is 1060. The Balaban J connectivity index is 1.82. The van der Waals surface area contributed by atoms with E-state index in [-0.39, 0.29) is 6.42 Å². The first kappa shape index (κ1) is 21.0. The third-order valence-corrected chi connectivity index (χ3v) is 5.56. The number of carbonyl (C=O) groups is 2. The van der Waals surface area contributed by atoms with Crippen LogP contribution in [-0.4, -0.2) is 36.3 Å². The largest absolute Gasteiger partial charge is 0.467 e. The highest BCUT2D eigenvalue weighted by atomic mass is 35.5. The summed E-state index contributed by atoms with van der Waals surface area (Å²) in [7, 11) is 2.46. The van der Waals surface area contributed by atoms with E-state index < -0.39 is 23.7 Å². The second-order valence-electron chi connectivity index (χ2n) is 7.05. The van der Waals surface area contributed by atoms with Crippen molar-refractivity contribution in [2.24, 2.45) is 0 Å². The van der Waals surface area contributed by atoms with E-state index in [0.29, 0.717) is 10.7 Å². The topological polar surface area (TPSA) is 70.0 Å². The van der Waals surface area contributed by atoms with E-state index >= 15 is 0 Å². The summed E-state index contributed by atoms with van der Waals surface area (Å²) in [6, 6.07) is 20.2. The highest BCUT2D eigenvalue weighted by molar-refractivity contribution is 6.30. The number of ether oxygens (including phenoxy) is 2. The predicted molar refractivity (Wildman–Crippen MR) is 115 cm³/mol. The van der Waals surface area contributed by atoms with Crippen molar-refractivity contribution in [1.29, 1.82) is 0 Å². The molecule has 7 nitrogen and oxygen atoms in total. The maximum atomic E-state index is 13.0. The summed E-state index contributed by atoms with van der Waals surface area (Å²) in [5, 5.41) is 1.78. The van der Waals surface area contributed by atoms with Gasteiger partial charge in [-0.3, -0.25) is 0 Å². The van der Waals surface area contributed by atoms with E-state index in [0.717, 1.165) is 11.3 Å². The molecule has 1 aliphatic heterocycles. The maximum Gasteiger partial charge on any atom is 0.346 e. The molecule has 1 aromatic heterocycles. The van der Waals surface area contributed by atoms with Crippen LogP contribution in [0.3, 0.4) is 0 Å². The fraction of sp³-hybridized carbons (Fsp3) is 0.217. The SMILES string of the molecule is COC(=O)C1(C(=O)OC)CC(n2cccc2-c2ccccc2)ON1c1ccc(Cl)cc1. The summed E-state index contributed by atoms with van der Waals surface area (Å²) in [6.07, 6.45) is 1.17. The van der Waals surface area contributed by atoms with E-state index in [1.165, 1.54) is 19.3 Å². The Kier molecular flexibility index (Phi) is 5.71. The number of aromatic nitrogens is 1. The van der Waals surface area contributed by atoms with Gasteiger partial charge in [-0.15, -0.1) is 0 Å². The van der Waals surface area contributed by atoms with E-state index in [9.17, 15) is 9.59 Å². The first-order valence-corrected chi connectivity index (χ1v) is 10.0. The lowest BCUT2D eigenvalue weighted by Gasteiger charge is -2.32. The third kappa shape index (κ3) is 3.56. The molecule has 31 heavy (non-hydrogen) atoms. The van der Waals surface area contributed by atoms with Crippen molar-refractivity contribution >= 4 is 29.2 Å². The molecule has 0 spiro atoms. The molecule has 1 atom stereocenters. The van der Waals surface area contributed by atoms with Crippen LogP contribution in [0.4, 0.5) is 5.69 Å². The number of esters is 2. The Hall–Kier alpha value is -3.29. The third-order valence-electron chi connectivity index (χ3n) is 5.31. The van der Waals surface area contributed by atoms with Crippen molar-refractivity contribution in [3.05, 3.63) is 77.9 Å². The number of halogens is 1. The van der Waals surface area contributed by atoms with Crippen LogP contribution in [0.5, 0.6) is 0 Å². The van der Waals surface area contributed by atoms with Gasteiger partial charge < -0.3 is 14.0 Å². The first-order chi connectivity index (χ1) is 15.0. The van der Waals surface area contributed by atoms with E-state index in [4.69, 9.17) is 25.9 Å². The molecule has 0 bridgehead atoms. The molecule has 2 aromatic carbocycles. The molecule has 1 aliphatic rings. The molecule has 1 saturated heterocycles. The van der Waals surface area contributed by atoms with Gasteiger partial charge in [0, 0.05) is 17.6 Å². The molecule has 0 radical (unpaired) electrons. The lowest BCUT2D eigenvalue weighted by molar-refractivity contribution is -0.162. The number of hydrogen-bond donors (Lipinski definition) is 0. The van der Waals surface area contributed by atoms with Gasteiger partial charge in [-0.1, -0.05) is 41.9 Å². The highest BCUT2D eigenvalue weighted by Crippen LogP contribution is 2.44. The average Bonchev–Trinajstić information content (AvgIpc) is 3.45. The van der Waals surface area contributed by atoms with Crippen molar-refractivity contribution in [2.45, 2.75) is 18.2 Å². The number of benzene rings is 2. The van der Waals surface area contributed by atoms with E-state index in [1.807, 2.05) is 53.2 Å². The van der Waals surface area contributed by atoms with Crippen molar-refractivity contribution in [3.63, 3.8) is 0 Å². The van der Waals surface area contributed by atoms with Crippen LogP contribution in [-0.2, 0) is 23.9 Å². The van der Waals surface area contributed by atoms with Crippen LogP contribution < -0.4 is 5.06 Å². The summed E-state index contributed by atoms with van der Waals surface area (Å²) in [5.41, 5.74) is 0.506. The molecular formula is C23H21ClN2O5. The van der Waals surface area contributed by atoms with Gasteiger partial charge in [0.1, 0.15) is 0 Å². The smallest absolute Gasteiger partial charge is 0.346 e. The minimum atomic E-state index is -1.82. The lowest BCUT2D eigenvalue weighted by atomic mass is 9.94. The minimum Gasteiger partial charge on any atom is -0.467 e. The van der Waals surface area contributed by atoms with Gasteiger partial charge >= 0.3 is 11.9 Å². The van der Waals surface area contributed by atoms with Crippen molar-refractivity contribution in [3.8, 4) is 11.3 Å². The molecule has 0 N–H and O–H groups in total. The normalized spacial score (nSPS) is 17.4. The number of nitrogens with zero attached hydrogens (tertiary/aromatic N) is 2. The summed E-state index contributed by atoms with van der Waals surface area (Å²) >= 11 is 6.02.